The van der Waals surface area contributed by atoms with E-state index in [-0.39, 0.29) is 5.92 Å². The number of hydrogen-bond acceptors (Lipinski definition) is 4. The van der Waals surface area contributed by atoms with E-state index in [1.54, 1.807) is 25.6 Å². The summed E-state index contributed by atoms with van der Waals surface area (Å²) < 4.78 is 0. The van der Waals surface area contributed by atoms with Gasteiger partial charge in [0.05, 0.1) is 6.04 Å². The van der Waals surface area contributed by atoms with E-state index in [1.807, 2.05) is 6.26 Å². The minimum absolute atomic E-state index is 0.158. The van der Waals surface area contributed by atoms with Gasteiger partial charge in [-0.05, 0) is 24.3 Å². The molecule has 0 unspecified atom stereocenters. The molecule has 0 spiro atoms. The van der Waals surface area contributed by atoms with Gasteiger partial charge in [-0.15, -0.1) is 0 Å². The molecule has 0 aromatic rings. The Morgan fingerprint density at radius 2 is 2.00 bits per heavy atom. The summed E-state index contributed by atoms with van der Waals surface area (Å²) in [6.45, 7) is 3.49. The van der Waals surface area contributed by atoms with Gasteiger partial charge in [-0.25, -0.2) is 4.79 Å². The van der Waals surface area contributed by atoms with Crippen LogP contribution in [-0.4, -0.2) is 41.1 Å². The van der Waals surface area contributed by atoms with Gasteiger partial charge in [-0.2, -0.15) is 11.8 Å². The van der Waals surface area contributed by atoms with Gasteiger partial charge in [0.1, 0.15) is 6.04 Å². The van der Waals surface area contributed by atoms with Gasteiger partial charge in [0.15, 0.2) is 0 Å². The molecule has 0 aromatic heterocycles. The normalized spacial score (nSPS) is 14.6. The van der Waals surface area contributed by atoms with Crippen LogP contribution in [0.4, 0.5) is 0 Å². The van der Waals surface area contributed by atoms with Crippen LogP contribution in [0.2, 0.25) is 0 Å². The van der Waals surface area contributed by atoms with Crippen molar-refractivity contribution in [3.8, 4) is 0 Å². The molecule has 0 saturated heterocycles. The summed E-state index contributed by atoms with van der Waals surface area (Å²) >= 11 is 1.60. The average Bonchev–Trinajstić information content (AvgIpc) is 2.20. The van der Waals surface area contributed by atoms with E-state index in [0.717, 1.165) is 5.75 Å². The van der Waals surface area contributed by atoms with E-state index in [9.17, 15) is 9.59 Å². The average molecular weight is 248 g/mol. The summed E-state index contributed by atoms with van der Waals surface area (Å²) in [7, 11) is 0. The maximum absolute atomic E-state index is 11.6. The van der Waals surface area contributed by atoms with Crippen molar-refractivity contribution in [1.82, 2.24) is 5.32 Å². The number of aliphatic carboxylic acids is 1. The van der Waals surface area contributed by atoms with E-state index >= 15 is 0 Å². The number of carboxylic acids is 1. The Labute approximate surface area is 100 Å². The second-order valence-electron chi connectivity index (χ2n) is 3.96. The van der Waals surface area contributed by atoms with Crippen molar-refractivity contribution in [1.29, 1.82) is 0 Å². The van der Waals surface area contributed by atoms with Gasteiger partial charge in [0, 0.05) is 0 Å². The third kappa shape index (κ3) is 5.37. The van der Waals surface area contributed by atoms with Gasteiger partial charge >= 0.3 is 5.97 Å². The lowest BCUT2D eigenvalue weighted by molar-refractivity contribution is -0.143. The van der Waals surface area contributed by atoms with Crippen LogP contribution >= 0.6 is 11.8 Å². The third-order valence-electron chi connectivity index (χ3n) is 2.20. The van der Waals surface area contributed by atoms with Gasteiger partial charge in [0.25, 0.3) is 0 Å². The number of amides is 1. The number of rotatable bonds is 7. The molecule has 0 aliphatic carbocycles. The van der Waals surface area contributed by atoms with Crippen molar-refractivity contribution < 1.29 is 14.7 Å². The van der Waals surface area contributed by atoms with Crippen molar-refractivity contribution in [2.75, 3.05) is 12.0 Å². The van der Waals surface area contributed by atoms with Crippen molar-refractivity contribution in [2.24, 2.45) is 11.7 Å². The van der Waals surface area contributed by atoms with Crippen LogP contribution in [0.3, 0.4) is 0 Å². The molecule has 0 saturated carbocycles. The van der Waals surface area contributed by atoms with E-state index < -0.39 is 24.0 Å². The lowest BCUT2D eigenvalue weighted by Crippen LogP contribution is -2.50. The Hall–Kier alpha value is -0.750. The number of carbonyl (C=O) groups excluding carboxylic acids is 1. The highest BCUT2D eigenvalue weighted by Crippen LogP contribution is 2.04. The Morgan fingerprint density at radius 3 is 2.38 bits per heavy atom. The Morgan fingerprint density at radius 1 is 1.44 bits per heavy atom. The first kappa shape index (κ1) is 15.2. The van der Waals surface area contributed by atoms with Crippen LogP contribution in [0.25, 0.3) is 0 Å². The zero-order chi connectivity index (χ0) is 12.7. The lowest BCUT2D eigenvalue weighted by Gasteiger charge is -2.20. The van der Waals surface area contributed by atoms with E-state index in [2.05, 4.69) is 5.32 Å². The molecule has 0 aliphatic rings. The van der Waals surface area contributed by atoms with Crippen molar-refractivity contribution >= 4 is 23.6 Å². The largest absolute Gasteiger partial charge is 0.480 e. The zero-order valence-electron chi connectivity index (χ0n) is 9.90. The fourth-order valence-electron chi connectivity index (χ4n) is 1.15. The molecule has 0 fully saturated rings. The second-order valence-corrected chi connectivity index (χ2v) is 4.94. The molecular weight excluding hydrogens is 228 g/mol. The molecule has 0 aromatic carbocycles. The predicted molar refractivity (Wildman–Crippen MR) is 65.4 cm³/mol. The summed E-state index contributed by atoms with van der Waals surface area (Å²) in [5.74, 6) is -0.793. The number of nitrogens with two attached hydrogens (primary N) is 1. The topological polar surface area (TPSA) is 92.4 Å². The molecule has 16 heavy (non-hydrogen) atoms. The van der Waals surface area contributed by atoms with Crippen LogP contribution in [0.15, 0.2) is 0 Å². The highest BCUT2D eigenvalue weighted by atomic mass is 32.2. The van der Waals surface area contributed by atoms with Crippen LogP contribution in [0.5, 0.6) is 0 Å². The fourth-order valence-corrected chi connectivity index (χ4v) is 1.64. The monoisotopic (exact) mass is 248 g/mol. The van der Waals surface area contributed by atoms with Gasteiger partial charge in [0.2, 0.25) is 5.91 Å². The minimum atomic E-state index is -1.03. The van der Waals surface area contributed by atoms with Crippen molar-refractivity contribution in [3.05, 3.63) is 0 Å². The maximum Gasteiger partial charge on any atom is 0.326 e. The van der Waals surface area contributed by atoms with Gasteiger partial charge < -0.3 is 16.2 Å². The molecule has 0 heterocycles. The van der Waals surface area contributed by atoms with Crippen molar-refractivity contribution in [3.63, 3.8) is 0 Å². The van der Waals surface area contributed by atoms with Gasteiger partial charge in [-0.3, -0.25) is 4.79 Å². The van der Waals surface area contributed by atoms with Crippen LogP contribution < -0.4 is 11.1 Å². The first-order valence-electron chi connectivity index (χ1n) is 5.17. The number of nitrogens with one attached hydrogen (secondary N) is 1. The second kappa shape index (κ2) is 7.51. The van der Waals surface area contributed by atoms with Crippen LogP contribution in [0, 0.1) is 5.92 Å². The highest BCUT2D eigenvalue weighted by Gasteiger charge is 2.25. The highest BCUT2D eigenvalue weighted by molar-refractivity contribution is 7.98. The number of carbonyl (C=O) groups is 2. The molecule has 0 rings (SSSR count). The Balaban J connectivity index is 4.24. The first-order valence-corrected chi connectivity index (χ1v) is 6.57. The Bertz CT molecular complexity index is 246. The van der Waals surface area contributed by atoms with E-state index in [1.165, 1.54) is 0 Å². The lowest BCUT2D eigenvalue weighted by atomic mass is 10.0. The number of hydrogen-bond donors (Lipinski definition) is 3. The number of carboxylic acid groups (broad SMARTS) is 1. The quantitative estimate of drug-likeness (QED) is 0.602. The van der Waals surface area contributed by atoms with E-state index in [4.69, 9.17) is 10.8 Å². The fraction of sp³-hybridized carbons (Fsp3) is 0.800. The summed E-state index contributed by atoms with van der Waals surface area (Å²) in [5, 5.41) is 11.3. The summed E-state index contributed by atoms with van der Waals surface area (Å²) in [4.78, 5) is 22.4. The molecule has 5 nitrogen and oxygen atoms in total. The van der Waals surface area contributed by atoms with Gasteiger partial charge in [-0.1, -0.05) is 13.8 Å². The van der Waals surface area contributed by atoms with Crippen LogP contribution in [0.1, 0.15) is 20.3 Å². The minimum Gasteiger partial charge on any atom is -0.480 e. The van der Waals surface area contributed by atoms with Crippen LogP contribution in [-0.2, 0) is 9.59 Å². The third-order valence-corrected chi connectivity index (χ3v) is 2.84. The smallest absolute Gasteiger partial charge is 0.326 e. The maximum atomic E-state index is 11.6. The standard InChI is InChI=1S/C10H20N2O3S/c1-6(2)8(10(14)15)12-9(13)7(11)4-5-16-3/h6-8H,4-5,11H2,1-3H3,(H,12,13)(H,14,15)/t7-,8+/m1/s1. The van der Waals surface area contributed by atoms with E-state index in [0.29, 0.717) is 6.42 Å². The molecule has 94 valence electrons. The van der Waals surface area contributed by atoms with Crippen molar-refractivity contribution in [2.45, 2.75) is 32.4 Å². The molecule has 4 N–H and O–H groups in total. The first-order chi connectivity index (χ1) is 7.40. The molecule has 0 bridgehead atoms. The SMILES string of the molecule is CSCC[C@@H](N)C(=O)N[C@H](C(=O)O)C(C)C. The molecule has 0 aliphatic heterocycles. The zero-order valence-corrected chi connectivity index (χ0v) is 10.7. The molecular formula is C10H20N2O3S. The Kier molecular flexibility index (Phi) is 7.16. The summed E-state index contributed by atoms with van der Waals surface area (Å²) in [6.07, 6.45) is 2.48. The predicted octanol–water partition coefficient (Wildman–Crippen LogP) is 0.292. The molecule has 1 amide bonds. The molecule has 0 radical (unpaired) electrons. The molecule has 6 heteroatoms. The summed E-state index contributed by atoms with van der Waals surface area (Å²) in [6, 6.07) is -1.50. The number of thioether (sulfide) groups is 1. The summed E-state index contributed by atoms with van der Waals surface area (Å²) in [5.41, 5.74) is 5.63. The molecule has 2 atom stereocenters.